The Morgan fingerprint density at radius 3 is 2.55 bits per heavy atom. The lowest BCUT2D eigenvalue weighted by molar-refractivity contribution is 0.346. The van der Waals surface area contributed by atoms with Crippen molar-refractivity contribution < 1.29 is 0 Å². The highest BCUT2D eigenvalue weighted by atomic mass is 127. The van der Waals surface area contributed by atoms with E-state index in [1.54, 1.807) is 11.7 Å². The van der Waals surface area contributed by atoms with E-state index in [0.29, 0.717) is 29.3 Å². The van der Waals surface area contributed by atoms with E-state index in [1.807, 2.05) is 30.3 Å². The number of aryl methyl sites for hydroxylation is 1. The predicted molar refractivity (Wildman–Crippen MR) is 139 cm³/mol. The van der Waals surface area contributed by atoms with E-state index in [9.17, 15) is 5.26 Å². The number of benzene rings is 1. The summed E-state index contributed by atoms with van der Waals surface area (Å²) < 4.78 is 1.64. The highest BCUT2D eigenvalue weighted by molar-refractivity contribution is 14.0. The van der Waals surface area contributed by atoms with Gasteiger partial charge in [0.15, 0.2) is 5.96 Å². The zero-order valence-corrected chi connectivity index (χ0v) is 21.6. The lowest BCUT2D eigenvalue weighted by atomic mass is 9.89. The number of anilines is 1. The van der Waals surface area contributed by atoms with Crippen LogP contribution in [0.25, 0.3) is 5.69 Å². The highest BCUT2D eigenvalue weighted by Gasteiger charge is 2.16. The molecule has 0 saturated carbocycles. The zero-order valence-electron chi connectivity index (χ0n) is 19.3. The number of nitriles is 1. The molecule has 0 bridgehead atoms. The molecule has 1 heterocycles. The van der Waals surface area contributed by atoms with E-state index in [2.05, 4.69) is 54.5 Å². The minimum atomic E-state index is 0. The summed E-state index contributed by atoms with van der Waals surface area (Å²) in [5, 5.41) is 20.9. The molecule has 0 aliphatic carbocycles. The summed E-state index contributed by atoms with van der Waals surface area (Å²) in [6, 6.07) is 12.2. The van der Waals surface area contributed by atoms with Gasteiger partial charge < -0.3 is 16.4 Å². The van der Waals surface area contributed by atoms with Crippen molar-refractivity contribution in [2.45, 2.75) is 59.4 Å². The Labute approximate surface area is 203 Å². The second-order valence-electron chi connectivity index (χ2n) is 8.81. The molecule has 0 saturated heterocycles. The number of hydrogen-bond donors (Lipinski definition) is 3. The summed E-state index contributed by atoms with van der Waals surface area (Å²) in [5.74, 6) is 1.18. The Kier molecular flexibility index (Phi) is 10.8. The highest BCUT2D eigenvalue weighted by Crippen LogP contribution is 2.22. The van der Waals surface area contributed by atoms with Crippen LogP contribution < -0.4 is 16.4 Å². The Hall–Kier alpha value is -2.28. The summed E-state index contributed by atoms with van der Waals surface area (Å²) in [5.41, 5.74) is 8.53. The molecule has 0 aliphatic heterocycles. The van der Waals surface area contributed by atoms with Crippen molar-refractivity contribution in [2.75, 3.05) is 19.3 Å². The molecule has 31 heavy (non-hydrogen) atoms. The first kappa shape index (κ1) is 26.8. The summed E-state index contributed by atoms with van der Waals surface area (Å²) in [4.78, 5) is 4.31. The average Bonchev–Trinajstić information content (AvgIpc) is 3.04. The largest absolute Gasteiger partial charge is 0.382 e. The van der Waals surface area contributed by atoms with E-state index in [-0.39, 0.29) is 24.0 Å². The monoisotopic (exact) mass is 537 g/mol. The molecule has 0 spiro atoms. The number of guanidine groups is 1. The molecule has 170 valence electrons. The third-order valence-corrected chi connectivity index (χ3v) is 4.92. The van der Waals surface area contributed by atoms with E-state index in [1.165, 1.54) is 0 Å². The maximum Gasteiger partial charge on any atom is 0.191 e. The molecule has 2 aromatic rings. The molecule has 1 unspecified atom stereocenters. The standard InChI is InChI=1S/C23H35N7.HI/c1-17(13-14-23(2,3)4)28-22(26-5)27-15-9-12-20-19(16-24)21(25)30(29-20)18-10-7-6-8-11-18;/h6-8,10-11,17H,9,12-15,25H2,1-5H3,(H2,26,27,28);1H. The molecule has 4 N–H and O–H groups in total. The topological polar surface area (TPSA) is 104 Å². The predicted octanol–water partition coefficient (Wildman–Crippen LogP) is 4.26. The van der Waals surface area contributed by atoms with Crippen LogP contribution in [-0.4, -0.2) is 35.4 Å². The van der Waals surface area contributed by atoms with Gasteiger partial charge in [-0.05, 0) is 50.2 Å². The van der Waals surface area contributed by atoms with Crippen LogP contribution in [-0.2, 0) is 6.42 Å². The van der Waals surface area contributed by atoms with Crippen LogP contribution in [0.5, 0.6) is 0 Å². The number of nitrogen functional groups attached to an aromatic ring is 1. The fraction of sp³-hybridized carbons (Fsp3) is 0.522. The molecule has 0 radical (unpaired) electrons. The second-order valence-corrected chi connectivity index (χ2v) is 8.81. The number of aromatic nitrogens is 2. The molecule has 8 heteroatoms. The number of para-hydroxylation sites is 1. The first-order valence-electron chi connectivity index (χ1n) is 10.5. The number of nitrogens with zero attached hydrogens (tertiary/aromatic N) is 4. The lowest BCUT2D eigenvalue weighted by Crippen LogP contribution is -2.42. The molecule has 2 rings (SSSR count). The van der Waals surface area contributed by atoms with Crippen LogP contribution in [0.1, 0.15) is 58.2 Å². The van der Waals surface area contributed by atoms with Crippen molar-refractivity contribution in [3.05, 3.63) is 41.6 Å². The quantitative estimate of drug-likeness (QED) is 0.202. The van der Waals surface area contributed by atoms with Gasteiger partial charge in [-0.15, -0.1) is 24.0 Å². The zero-order chi connectivity index (χ0) is 22.1. The molecule has 0 aliphatic rings. The van der Waals surface area contributed by atoms with Crippen LogP contribution in [0.4, 0.5) is 5.82 Å². The first-order chi connectivity index (χ1) is 14.2. The van der Waals surface area contributed by atoms with Gasteiger partial charge in [0.25, 0.3) is 0 Å². The first-order valence-corrected chi connectivity index (χ1v) is 10.5. The number of rotatable bonds is 8. The van der Waals surface area contributed by atoms with Gasteiger partial charge >= 0.3 is 0 Å². The van der Waals surface area contributed by atoms with Crippen LogP contribution >= 0.6 is 24.0 Å². The van der Waals surface area contributed by atoms with E-state index < -0.39 is 0 Å². The van der Waals surface area contributed by atoms with Gasteiger partial charge in [0.2, 0.25) is 0 Å². The summed E-state index contributed by atoms with van der Waals surface area (Å²) in [6.07, 6.45) is 3.72. The van der Waals surface area contributed by atoms with Gasteiger partial charge in [0.05, 0.1) is 11.4 Å². The number of hydrogen-bond acceptors (Lipinski definition) is 4. The normalized spacial score (nSPS) is 12.6. The van der Waals surface area contributed by atoms with Crippen molar-refractivity contribution in [1.82, 2.24) is 20.4 Å². The minimum absolute atomic E-state index is 0. The summed E-state index contributed by atoms with van der Waals surface area (Å²) in [7, 11) is 1.78. The molecular formula is C23H36IN7. The molecule has 1 aromatic carbocycles. The van der Waals surface area contributed by atoms with Crippen molar-refractivity contribution in [3.8, 4) is 11.8 Å². The van der Waals surface area contributed by atoms with E-state index >= 15 is 0 Å². The number of aliphatic imine (C=N–C) groups is 1. The fourth-order valence-electron chi connectivity index (χ4n) is 3.15. The van der Waals surface area contributed by atoms with Crippen LogP contribution in [0, 0.1) is 16.7 Å². The smallest absolute Gasteiger partial charge is 0.191 e. The van der Waals surface area contributed by atoms with Crippen LogP contribution in [0.3, 0.4) is 0 Å². The number of nitrogens with one attached hydrogen (secondary N) is 2. The third kappa shape index (κ3) is 8.40. The van der Waals surface area contributed by atoms with Crippen molar-refractivity contribution in [1.29, 1.82) is 5.26 Å². The van der Waals surface area contributed by atoms with Gasteiger partial charge in [-0.25, -0.2) is 4.68 Å². The van der Waals surface area contributed by atoms with Crippen LogP contribution in [0.15, 0.2) is 35.3 Å². The fourth-order valence-corrected chi connectivity index (χ4v) is 3.15. The minimum Gasteiger partial charge on any atom is -0.382 e. The number of halogens is 1. The van der Waals surface area contributed by atoms with E-state index in [4.69, 9.17) is 5.73 Å². The van der Waals surface area contributed by atoms with Gasteiger partial charge in [-0.1, -0.05) is 39.0 Å². The van der Waals surface area contributed by atoms with Crippen LogP contribution in [0.2, 0.25) is 0 Å². The third-order valence-electron chi connectivity index (χ3n) is 4.92. The average molecular weight is 537 g/mol. The van der Waals surface area contributed by atoms with Gasteiger partial charge in [-0.3, -0.25) is 4.99 Å². The van der Waals surface area contributed by atoms with Gasteiger partial charge in [-0.2, -0.15) is 10.4 Å². The van der Waals surface area contributed by atoms with Gasteiger partial charge in [0.1, 0.15) is 17.5 Å². The molecule has 1 atom stereocenters. The summed E-state index contributed by atoms with van der Waals surface area (Å²) in [6.45, 7) is 9.68. The molecule has 0 fully saturated rings. The Morgan fingerprint density at radius 1 is 1.29 bits per heavy atom. The Balaban J connectivity index is 0.00000480. The Morgan fingerprint density at radius 2 is 1.97 bits per heavy atom. The Bertz CT molecular complexity index is 876. The number of nitrogens with two attached hydrogens (primary N) is 1. The molecule has 0 amide bonds. The SMILES string of the molecule is CN=C(NCCCc1nn(-c2ccccc2)c(N)c1C#N)NC(C)CCC(C)(C)C.I. The van der Waals surface area contributed by atoms with E-state index in [0.717, 1.165) is 43.1 Å². The maximum atomic E-state index is 9.52. The van der Waals surface area contributed by atoms with Crippen molar-refractivity contribution in [3.63, 3.8) is 0 Å². The van der Waals surface area contributed by atoms with Gasteiger partial charge in [0, 0.05) is 19.6 Å². The van der Waals surface area contributed by atoms with Crippen molar-refractivity contribution >= 4 is 35.8 Å². The lowest BCUT2D eigenvalue weighted by Gasteiger charge is -2.23. The van der Waals surface area contributed by atoms with Crippen molar-refractivity contribution in [2.24, 2.45) is 10.4 Å². The summed E-state index contributed by atoms with van der Waals surface area (Å²) >= 11 is 0. The molecule has 7 nitrogen and oxygen atoms in total. The molecular weight excluding hydrogens is 501 g/mol. The molecule has 1 aromatic heterocycles. The maximum absolute atomic E-state index is 9.52. The second kappa shape index (κ2) is 12.5.